The number of aromatic nitrogens is 2. The van der Waals surface area contributed by atoms with Crippen LogP contribution in [0.5, 0.6) is 0 Å². The summed E-state index contributed by atoms with van der Waals surface area (Å²) in [6, 6.07) is 0.0280. The second-order valence-electron chi connectivity index (χ2n) is 5.16. The van der Waals surface area contributed by atoms with E-state index in [1.165, 1.54) is 4.68 Å². The summed E-state index contributed by atoms with van der Waals surface area (Å²) in [6.07, 6.45) is 0.902. The summed E-state index contributed by atoms with van der Waals surface area (Å²) in [4.78, 5) is 10.4. The Morgan fingerprint density at radius 3 is 2.62 bits per heavy atom. The normalized spacial score (nSPS) is 15.7. The molecular weight excluding hydrogens is 296 g/mol. The van der Waals surface area contributed by atoms with Crippen molar-refractivity contribution in [2.45, 2.75) is 39.5 Å². The molecule has 1 rings (SSSR count). The molecule has 3 unspecified atom stereocenters. The van der Waals surface area contributed by atoms with E-state index >= 15 is 0 Å². The lowest BCUT2D eigenvalue weighted by Crippen LogP contribution is -2.38. The molecule has 0 aliphatic carbocycles. The monoisotopic (exact) mass is 318 g/mol. The molecule has 0 saturated carbocycles. The number of hydrogen-bond acceptors (Lipinski definition) is 6. The van der Waals surface area contributed by atoms with Crippen molar-refractivity contribution in [3.63, 3.8) is 0 Å². The third-order valence-corrected chi connectivity index (χ3v) is 4.07. The molecule has 0 fully saturated rings. The van der Waals surface area contributed by atoms with E-state index in [0.717, 1.165) is 0 Å². The Hall–Kier alpha value is -1.32. The summed E-state index contributed by atoms with van der Waals surface area (Å²) >= 11 is 0. The summed E-state index contributed by atoms with van der Waals surface area (Å²) < 4.78 is 12.5. The van der Waals surface area contributed by atoms with Crippen LogP contribution in [-0.2, 0) is 17.3 Å². The van der Waals surface area contributed by atoms with E-state index in [1.807, 2.05) is 6.92 Å². The molecule has 9 heteroatoms. The third-order valence-electron chi connectivity index (χ3n) is 3.10. The van der Waals surface area contributed by atoms with Gasteiger partial charge in [-0.05, 0) is 20.8 Å². The molecule has 0 aromatic carbocycles. The zero-order valence-electron chi connectivity index (χ0n) is 12.7. The molecular formula is C12H22N4O4S. The number of rotatable bonds is 8. The minimum Gasteiger partial charge on any atom is -0.390 e. The fraction of sp³-hybridized carbons (Fsp3) is 0.750. The molecule has 2 N–H and O–H groups in total. The first-order valence-electron chi connectivity index (χ1n) is 6.62. The van der Waals surface area contributed by atoms with Crippen LogP contribution in [0.4, 0.5) is 5.69 Å². The number of aliphatic hydroxyl groups excluding tert-OH is 1. The van der Waals surface area contributed by atoms with Crippen LogP contribution in [-0.4, -0.2) is 54.7 Å². The molecule has 0 spiro atoms. The smallest absolute Gasteiger partial charge is 0.312 e. The maximum Gasteiger partial charge on any atom is 0.312 e. The van der Waals surface area contributed by atoms with Gasteiger partial charge in [-0.15, -0.1) is 0 Å². The number of nitro groups is 1. The molecule has 1 aromatic heterocycles. The van der Waals surface area contributed by atoms with Gasteiger partial charge in [0, 0.05) is 35.4 Å². The number of nitrogens with one attached hydrogen (secondary N) is 1. The SMILES string of the molecule is Cc1nn(CC(O)CNC(C)CS(C)=O)c(C)c1[N+](=O)[O-]. The highest BCUT2D eigenvalue weighted by Crippen LogP contribution is 2.21. The van der Waals surface area contributed by atoms with E-state index < -0.39 is 21.8 Å². The van der Waals surface area contributed by atoms with Crippen LogP contribution >= 0.6 is 0 Å². The summed E-state index contributed by atoms with van der Waals surface area (Å²) in [5.74, 6) is 0.512. The van der Waals surface area contributed by atoms with Crippen LogP contribution in [0, 0.1) is 24.0 Å². The lowest BCUT2D eigenvalue weighted by Gasteiger charge is -2.16. The number of aryl methyl sites for hydroxylation is 1. The lowest BCUT2D eigenvalue weighted by molar-refractivity contribution is -0.386. The van der Waals surface area contributed by atoms with E-state index in [2.05, 4.69) is 10.4 Å². The highest BCUT2D eigenvalue weighted by molar-refractivity contribution is 7.84. The van der Waals surface area contributed by atoms with Gasteiger partial charge in [-0.2, -0.15) is 5.10 Å². The second kappa shape index (κ2) is 7.62. The third kappa shape index (κ3) is 5.18. The minimum atomic E-state index is -0.894. The zero-order valence-corrected chi connectivity index (χ0v) is 13.5. The molecule has 0 amide bonds. The molecule has 8 nitrogen and oxygen atoms in total. The van der Waals surface area contributed by atoms with Gasteiger partial charge in [-0.1, -0.05) is 0 Å². The van der Waals surface area contributed by atoms with Crippen molar-refractivity contribution in [1.82, 2.24) is 15.1 Å². The summed E-state index contributed by atoms with van der Waals surface area (Å²) in [5.41, 5.74) is 0.761. The van der Waals surface area contributed by atoms with Crippen molar-refractivity contribution in [3.8, 4) is 0 Å². The van der Waals surface area contributed by atoms with E-state index in [1.54, 1.807) is 20.1 Å². The topological polar surface area (TPSA) is 110 Å². The first-order chi connectivity index (χ1) is 9.72. The lowest BCUT2D eigenvalue weighted by atomic mass is 10.3. The van der Waals surface area contributed by atoms with E-state index in [-0.39, 0.29) is 18.3 Å². The maximum absolute atomic E-state index is 11.1. The van der Waals surface area contributed by atoms with Crippen molar-refractivity contribution >= 4 is 16.5 Å². The molecule has 0 radical (unpaired) electrons. The average molecular weight is 318 g/mol. The Labute approximate surface area is 126 Å². The van der Waals surface area contributed by atoms with Crippen molar-refractivity contribution in [3.05, 3.63) is 21.5 Å². The van der Waals surface area contributed by atoms with Crippen molar-refractivity contribution < 1.29 is 14.2 Å². The van der Waals surface area contributed by atoms with Gasteiger partial charge in [-0.25, -0.2) is 0 Å². The van der Waals surface area contributed by atoms with Gasteiger partial charge >= 0.3 is 5.69 Å². The summed E-state index contributed by atoms with van der Waals surface area (Å²) in [5, 5.41) is 28.1. The zero-order chi connectivity index (χ0) is 16.2. The standard InChI is InChI=1S/C12H22N4O4S/c1-8(7-21(4)20)13-5-11(17)6-15-10(3)12(16(18)19)9(2)14-15/h8,11,13,17H,5-7H2,1-4H3. The molecule has 0 aliphatic rings. The van der Waals surface area contributed by atoms with E-state index in [4.69, 9.17) is 0 Å². The van der Waals surface area contributed by atoms with Crippen LogP contribution in [0.3, 0.4) is 0 Å². The number of nitrogens with zero attached hydrogens (tertiary/aromatic N) is 3. The first-order valence-corrected chi connectivity index (χ1v) is 8.35. The first kappa shape index (κ1) is 17.7. The molecule has 1 aromatic rings. The Morgan fingerprint density at radius 1 is 1.52 bits per heavy atom. The molecule has 120 valence electrons. The summed E-state index contributed by atoms with van der Waals surface area (Å²) in [6.45, 7) is 5.56. The predicted octanol–water partition coefficient (Wildman–Crippen LogP) is 0.126. The van der Waals surface area contributed by atoms with E-state index in [9.17, 15) is 19.4 Å². The fourth-order valence-corrected chi connectivity index (χ4v) is 2.96. The van der Waals surface area contributed by atoms with Crippen LogP contribution in [0.1, 0.15) is 18.3 Å². The Kier molecular flexibility index (Phi) is 6.43. The van der Waals surface area contributed by atoms with Crippen LogP contribution in [0.2, 0.25) is 0 Å². The van der Waals surface area contributed by atoms with Crippen molar-refractivity contribution in [2.24, 2.45) is 0 Å². The molecule has 3 atom stereocenters. The number of aliphatic hydroxyl groups is 1. The number of hydrogen-bond donors (Lipinski definition) is 2. The van der Waals surface area contributed by atoms with Crippen molar-refractivity contribution in [1.29, 1.82) is 0 Å². The molecule has 0 bridgehead atoms. The van der Waals surface area contributed by atoms with Crippen molar-refractivity contribution in [2.75, 3.05) is 18.6 Å². The second-order valence-corrected chi connectivity index (χ2v) is 6.64. The minimum absolute atomic E-state index is 0.00935. The Balaban J connectivity index is 2.59. The quantitative estimate of drug-likeness (QED) is 0.520. The van der Waals surface area contributed by atoms with Gasteiger partial charge < -0.3 is 10.4 Å². The molecule has 0 saturated heterocycles. The largest absolute Gasteiger partial charge is 0.390 e. The van der Waals surface area contributed by atoms with Crippen LogP contribution in [0.15, 0.2) is 0 Å². The average Bonchev–Trinajstić information content (AvgIpc) is 2.61. The Bertz CT molecular complexity index is 532. The molecule has 21 heavy (non-hydrogen) atoms. The van der Waals surface area contributed by atoms with E-state index in [0.29, 0.717) is 23.7 Å². The predicted molar refractivity (Wildman–Crippen MR) is 80.8 cm³/mol. The van der Waals surface area contributed by atoms with Gasteiger partial charge in [0.1, 0.15) is 11.4 Å². The van der Waals surface area contributed by atoms with Gasteiger partial charge in [0.15, 0.2) is 0 Å². The highest BCUT2D eigenvalue weighted by Gasteiger charge is 2.22. The Morgan fingerprint density at radius 2 is 2.14 bits per heavy atom. The van der Waals surface area contributed by atoms with Gasteiger partial charge in [0.2, 0.25) is 0 Å². The fourth-order valence-electron chi connectivity index (χ4n) is 2.14. The van der Waals surface area contributed by atoms with Crippen LogP contribution < -0.4 is 5.32 Å². The molecule has 0 aliphatic heterocycles. The van der Waals surface area contributed by atoms with Crippen LogP contribution in [0.25, 0.3) is 0 Å². The summed E-state index contributed by atoms with van der Waals surface area (Å²) in [7, 11) is -0.894. The van der Waals surface area contributed by atoms with Gasteiger partial charge in [0.05, 0.1) is 17.6 Å². The highest BCUT2D eigenvalue weighted by atomic mass is 32.2. The van der Waals surface area contributed by atoms with Gasteiger partial charge in [0.25, 0.3) is 0 Å². The maximum atomic E-state index is 11.1. The van der Waals surface area contributed by atoms with Gasteiger partial charge in [-0.3, -0.25) is 19.0 Å². The molecule has 1 heterocycles.